The van der Waals surface area contributed by atoms with Crippen molar-refractivity contribution < 1.29 is 19.1 Å². The maximum Gasteiger partial charge on any atom is 0.323 e. The molecule has 4 rings (SSSR count). The summed E-state index contributed by atoms with van der Waals surface area (Å²) in [5.41, 5.74) is -1.34. The number of hydrogen-bond acceptors (Lipinski definition) is 4. The number of benzene rings is 4. The van der Waals surface area contributed by atoms with Crippen LogP contribution in [0.25, 0.3) is 0 Å². The number of carbonyl (C=O) groups excluding carboxylic acids is 2. The van der Waals surface area contributed by atoms with Gasteiger partial charge in [0, 0.05) is 0 Å². The number of ether oxygens (including phenoxy) is 2. The highest BCUT2D eigenvalue weighted by Gasteiger charge is 2.63. The van der Waals surface area contributed by atoms with Gasteiger partial charge in [0.1, 0.15) is 22.3 Å². The Bertz CT molecular complexity index is 1170. The minimum atomic E-state index is -1.37. The maximum atomic E-state index is 14.4. The Kier molecular flexibility index (Phi) is 7.65. The molecule has 0 aromatic heterocycles. The van der Waals surface area contributed by atoms with Crippen LogP contribution in [0.1, 0.15) is 37.8 Å². The van der Waals surface area contributed by atoms with E-state index in [1.807, 2.05) is 111 Å². The van der Waals surface area contributed by atoms with E-state index >= 15 is 0 Å². The van der Waals surface area contributed by atoms with Crippen molar-refractivity contribution in [3.8, 4) is 11.5 Å². The fraction of sp³-hybridized carbons (Fsp3) is 0.188. The molecule has 4 aromatic carbocycles. The molecule has 182 valence electrons. The zero-order valence-electron chi connectivity index (χ0n) is 20.6. The van der Waals surface area contributed by atoms with Crippen LogP contribution < -0.4 is 9.47 Å². The van der Waals surface area contributed by atoms with E-state index < -0.39 is 22.8 Å². The Morgan fingerprint density at radius 2 is 0.778 bits per heavy atom. The summed E-state index contributed by atoms with van der Waals surface area (Å²) in [5.74, 6) is -0.160. The zero-order chi connectivity index (χ0) is 25.4. The standard InChI is InChI=1S/C32H30O4/c1-3-31(25-17-9-5-10-18-25,29(33)35-27-21-13-7-14-22-27)32(4-2,26-19-11-6-12-20-26)30(34)36-28-23-15-8-16-24-28/h5-24H,3-4H2,1-2H3/t31-,32-/m1/s1. The van der Waals surface area contributed by atoms with Crippen molar-refractivity contribution >= 4 is 11.9 Å². The van der Waals surface area contributed by atoms with E-state index in [4.69, 9.17) is 9.47 Å². The molecule has 0 spiro atoms. The number of rotatable bonds is 9. The van der Waals surface area contributed by atoms with Gasteiger partial charge in [0.25, 0.3) is 0 Å². The summed E-state index contributed by atoms with van der Waals surface area (Å²) >= 11 is 0. The van der Waals surface area contributed by atoms with Gasteiger partial charge in [-0.05, 0) is 48.2 Å². The van der Waals surface area contributed by atoms with E-state index in [9.17, 15) is 9.59 Å². The average Bonchev–Trinajstić information content (AvgIpc) is 2.93. The molecule has 4 heteroatoms. The summed E-state index contributed by atoms with van der Waals surface area (Å²) in [6, 6.07) is 36.8. The van der Waals surface area contributed by atoms with Gasteiger partial charge in [-0.25, -0.2) is 0 Å². The van der Waals surface area contributed by atoms with E-state index in [0.29, 0.717) is 35.5 Å². The lowest BCUT2D eigenvalue weighted by Gasteiger charge is -2.46. The van der Waals surface area contributed by atoms with Gasteiger partial charge in [-0.3, -0.25) is 9.59 Å². The lowest BCUT2D eigenvalue weighted by Crippen LogP contribution is -2.60. The highest BCUT2D eigenvalue weighted by molar-refractivity contribution is 5.98. The van der Waals surface area contributed by atoms with E-state index in [1.165, 1.54) is 0 Å². The third-order valence-corrected chi connectivity index (χ3v) is 6.93. The van der Waals surface area contributed by atoms with Crippen molar-refractivity contribution in [3.05, 3.63) is 132 Å². The third-order valence-electron chi connectivity index (χ3n) is 6.93. The molecule has 0 bridgehead atoms. The summed E-state index contributed by atoms with van der Waals surface area (Å²) in [5, 5.41) is 0. The number of para-hydroxylation sites is 2. The highest BCUT2D eigenvalue weighted by atomic mass is 16.5. The Morgan fingerprint density at radius 1 is 0.500 bits per heavy atom. The maximum absolute atomic E-state index is 14.4. The number of carbonyl (C=O) groups is 2. The van der Waals surface area contributed by atoms with Crippen molar-refractivity contribution in [3.63, 3.8) is 0 Å². The largest absolute Gasteiger partial charge is 0.426 e. The zero-order valence-corrected chi connectivity index (χ0v) is 20.6. The van der Waals surface area contributed by atoms with Crippen LogP contribution in [0.15, 0.2) is 121 Å². The minimum Gasteiger partial charge on any atom is -0.426 e. The lowest BCUT2D eigenvalue weighted by molar-refractivity contribution is -0.156. The minimum absolute atomic E-state index is 0.315. The Morgan fingerprint density at radius 3 is 1.06 bits per heavy atom. The average molecular weight is 479 g/mol. The Labute approximate surface area is 212 Å². The smallest absolute Gasteiger partial charge is 0.323 e. The molecule has 0 unspecified atom stereocenters. The van der Waals surface area contributed by atoms with Gasteiger partial charge < -0.3 is 9.47 Å². The van der Waals surface area contributed by atoms with Crippen LogP contribution in [0.5, 0.6) is 11.5 Å². The van der Waals surface area contributed by atoms with Gasteiger partial charge >= 0.3 is 11.9 Å². The van der Waals surface area contributed by atoms with Gasteiger partial charge in [0.05, 0.1) is 0 Å². The fourth-order valence-electron chi connectivity index (χ4n) is 5.19. The van der Waals surface area contributed by atoms with Crippen molar-refractivity contribution in [1.82, 2.24) is 0 Å². The topological polar surface area (TPSA) is 52.6 Å². The first-order valence-electron chi connectivity index (χ1n) is 12.2. The molecule has 0 aliphatic rings. The number of hydrogen-bond donors (Lipinski definition) is 0. The van der Waals surface area contributed by atoms with Crippen molar-refractivity contribution in [1.29, 1.82) is 0 Å². The van der Waals surface area contributed by atoms with Crippen LogP contribution in [-0.2, 0) is 20.4 Å². The quantitative estimate of drug-likeness (QED) is 0.194. The molecule has 4 nitrogen and oxygen atoms in total. The monoisotopic (exact) mass is 478 g/mol. The first-order chi connectivity index (χ1) is 17.6. The predicted octanol–water partition coefficient (Wildman–Crippen LogP) is 6.89. The molecule has 0 saturated heterocycles. The van der Waals surface area contributed by atoms with Crippen LogP contribution in [0, 0.1) is 0 Å². The predicted molar refractivity (Wildman–Crippen MR) is 141 cm³/mol. The van der Waals surface area contributed by atoms with E-state index in [1.54, 1.807) is 24.3 Å². The van der Waals surface area contributed by atoms with Crippen molar-refractivity contribution in [2.75, 3.05) is 0 Å². The molecule has 0 heterocycles. The van der Waals surface area contributed by atoms with Gasteiger partial charge in [0.15, 0.2) is 0 Å². The summed E-state index contributed by atoms with van der Waals surface area (Å²) < 4.78 is 12.0. The first kappa shape index (κ1) is 24.9. The Balaban J connectivity index is 1.98. The van der Waals surface area contributed by atoms with Crippen LogP contribution in [0.2, 0.25) is 0 Å². The summed E-state index contributed by atoms with van der Waals surface area (Å²) in [6.07, 6.45) is 0.630. The molecule has 0 amide bonds. The van der Waals surface area contributed by atoms with Crippen molar-refractivity contribution in [2.45, 2.75) is 37.5 Å². The molecule has 0 fully saturated rings. The van der Waals surface area contributed by atoms with Crippen molar-refractivity contribution in [2.24, 2.45) is 0 Å². The highest BCUT2D eigenvalue weighted by Crippen LogP contribution is 2.51. The molecule has 36 heavy (non-hydrogen) atoms. The summed E-state index contributed by atoms with van der Waals surface area (Å²) in [4.78, 5) is 28.7. The SMILES string of the molecule is CC[C@](C(=O)Oc1ccccc1)(c1ccccc1)[C@@](CC)(C(=O)Oc1ccccc1)c1ccccc1. The lowest BCUT2D eigenvalue weighted by atomic mass is 9.54. The summed E-state index contributed by atoms with van der Waals surface area (Å²) in [7, 11) is 0. The first-order valence-corrected chi connectivity index (χ1v) is 12.2. The Hall–Kier alpha value is -4.18. The molecule has 0 aliphatic heterocycles. The van der Waals surface area contributed by atoms with E-state index in [0.717, 1.165) is 0 Å². The van der Waals surface area contributed by atoms with Crippen LogP contribution >= 0.6 is 0 Å². The van der Waals surface area contributed by atoms with Crippen LogP contribution in [0.4, 0.5) is 0 Å². The molecule has 0 aliphatic carbocycles. The second-order valence-corrected chi connectivity index (χ2v) is 8.65. The van der Waals surface area contributed by atoms with E-state index in [2.05, 4.69) is 0 Å². The van der Waals surface area contributed by atoms with E-state index in [-0.39, 0.29) is 0 Å². The molecule has 4 aromatic rings. The molecular weight excluding hydrogens is 448 g/mol. The second-order valence-electron chi connectivity index (χ2n) is 8.65. The fourth-order valence-corrected chi connectivity index (χ4v) is 5.19. The van der Waals surface area contributed by atoms with Gasteiger partial charge in [-0.1, -0.05) is 111 Å². The molecule has 0 N–H and O–H groups in total. The normalized spacial score (nSPS) is 14.2. The third kappa shape index (κ3) is 4.42. The molecule has 2 atom stereocenters. The van der Waals surface area contributed by atoms with Gasteiger partial charge in [0.2, 0.25) is 0 Å². The molecule has 0 radical (unpaired) electrons. The summed E-state index contributed by atoms with van der Waals surface area (Å²) in [6.45, 7) is 3.84. The van der Waals surface area contributed by atoms with Crippen LogP contribution in [-0.4, -0.2) is 11.9 Å². The number of esters is 2. The molecule has 0 saturated carbocycles. The second kappa shape index (κ2) is 11.0. The molecular formula is C32H30O4. The van der Waals surface area contributed by atoms with Gasteiger partial charge in [-0.2, -0.15) is 0 Å². The van der Waals surface area contributed by atoms with Gasteiger partial charge in [-0.15, -0.1) is 0 Å². The van der Waals surface area contributed by atoms with Crippen LogP contribution in [0.3, 0.4) is 0 Å².